The van der Waals surface area contributed by atoms with Gasteiger partial charge in [0.2, 0.25) is 0 Å². The van der Waals surface area contributed by atoms with E-state index in [0.29, 0.717) is 11.6 Å². The van der Waals surface area contributed by atoms with Crippen molar-refractivity contribution in [3.63, 3.8) is 0 Å². The Morgan fingerprint density at radius 1 is 1.69 bits per heavy atom. The third kappa shape index (κ3) is 2.22. The molecule has 1 aliphatic rings. The van der Waals surface area contributed by atoms with Crippen LogP contribution in [-0.4, -0.2) is 41.5 Å². The summed E-state index contributed by atoms with van der Waals surface area (Å²) in [5.41, 5.74) is 0.677. The summed E-state index contributed by atoms with van der Waals surface area (Å²) in [6.07, 6.45) is 4.36. The van der Waals surface area contributed by atoms with Gasteiger partial charge in [-0.1, -0.05) is 0 Å². The number of amides is 1. The molecule has 0 bridgehead atoms. The van der Waals surface area contributed by atoms with Crippen molar-refractivity contribution in [2.75, 3.05) is 19.6 Å². The van der Waals surface area contributed by atoms with Crippen LogP contribution in [0.2, 0.25) is 0 Å². The van der Waals surface area contributed by atoms with E-state index in [2.05, 4.69) is 10.3 Å². The quantitative estimate of drug-likeness (QED) is 0.821. The SMILES string of the molecule is CCN(C(=O)c1cccnc1)C1CCNC1. The summed E-state index contributed by atoms with van der Waals surface area (Å²) >= 11 is 0. The molecule has 1 N–H and O–H groups in total. The van der Waals surface area contributed by atoms with E-state index in [9.17, 15) is 4.79 Å². The van der Waals surface area contributed by atoms with Crippen LogP contribution in [0.4, 0.5) is 0 Å². The van der Waals surface area contributed by atoms with E-state index >= 15 is 0 Å². The van der Waals surface area contributed by atoms with Crippen LogP contribution in [0.25, 0.3) is 0 Å². The largest absolute Gasteiger partial charge is 0.335 e. The summed E-state index contributed by atoms with van der Waals surface area (Å²) in [5.74, 6) is 0.0873. The van der Waals surface area contributed by atoms with E-state index in [1.807, 2.05) is 17.9 Å². The van der Waals surface area contributed by atoms with Crippen LogP contribution in [0.5, 0.6) is 0 Å². The summed E-state index contributed by atoms with van der Waals surface area (Å²) in [4.78, 5) is 18.1. The first-order chi connectivity index (χ1) is 7.83. The Hall–Kier alpha value is -1.42. The third-order valence-electron chi connectivity index (χ3n) is 2.99. The maximum atomic E-state index is 12.2. The third-order valence-corrected chi connectivity index (χ3v) is 2.99. The average Bonchev–Trinajstić information content (AvgIpc) is 2.85. The lowest BCUT2D eigenvalue weighted by Crippen LogP contribution is -2.41. The molecule has 1 saturated heterocycles. The fourth-order valence-corrected chi connectivity index (χ4v) is 2.13. The molecular weight excluding hydrogens is 202 g/mol. The van der Waals surface area contributed by atoms with E-state index in [0.717, 1.165) is 26.1 Å². The van der Waals surface area contributed by atoms with Crippen molar-refractivity contribution in [3.8, 4) is 0 Å². The highest BCUT2D eigenvalue weighted by molar-refractivity contribution is 5.94. The Morgan fingerprint density at radius 2 is 2.56 bits per heavy atom. The van der Waals surface area contributed by atoms with Gasteiger partial charge < -0.3 is 10.2 Å². The fourth-order valence-electron chi connectivity index (χ4n) is 2.13. The number of carbonyl (C=O) groups is 1. The van der Waals surface area contributed by atoms with Gasteiger partial charge in [0.15, 0.2) is 0 Å². The van der Waals surface area contributed by atoms with Gasteiger partial charge >= 0.3 is 0 Å². The predicted octanol–water partition coefficient (Wildman–Crippen LogP) is 0.906. The van der Waals surface area contributed by atoms with E-state index in [4.69, 9.17) is 0 Å². The zero-order valence-corrected chi connectivity index (χ0v) is 9.52. The molecule has 1 amide bonds. The normalized spacial score (nSPS) is 19.7. The zero-order valence-electron chi connectivity index (χ0n) is 9.52. The Morgan fingerprint density at radius 3 is 3.12 bits per heavy atom. The first kappa shape index (κ1) is 11.1. The predicted molar refractivity (Wildman–Crippen MR) is 62.2 cm³/mol. The summed E-state index contributed by atoms with van der Waals surface area (Å²) < 4.78 is 0. The van der Waals surface area contributed by atoms with Crippen LogP contribution in [0.15, 0.2) is 24.5 Å². The lowest BCUT2D eigenvalue weighted by molar-refractivity contribution is 0.0703. The minimum Gasteiger partial charge on any atom is -0.335 e. The lowest BCUT2D eigenvalue weighted by Gasteiger charge is -2.27. The molecule has 0 saturated carbocycles. The maximum Gasteiger partial charge on any atom is 0.255 e. The Balaban J connectivity index is 2.12. The number of hydrogen-bond donors (Lipinski definition) is 1. The molecule has 1 unspecified atom stereocenters. The number of pyridine rings is 1. The Bertz CT molecular complexity index is 347. The maximum absolute atomic E-state index is 12.2. The van der Waals surface area contributed by atoms with E-state index in [-0.39, 0.29) is 5.91 Å². The molecule has 1 atom stereocenters. The van der Waals surface area contributed by atoms with Gasteiger partial charge in [-0.05, 0) is 32.0 Å². The Labute approximate surface area is 95.7 Å². The highest BCUT2D eigenvalue weighted by Gasteiger charge is 2.25. The molecule has 16 heavy (non-hydrogen) atoms. The van der Waals surface area contributed by atoms with Crippen molar-refractivity contribution >= 4 is 5.91 Å². The molecule has 1 aromatic heterocycles. The average molecular weight is 219 g/mol. The van der Waals surface area contributed by atoms with Crippen molar-refractivity contribution in [1.29, 1.82) is 0 Å². The smallest absolute Gasteiger partial charge is 0.255 e. The number of hydrogen-bond acceptors (Lipinski definition) is 3. The van der Waals surface area contributed by atoms with E-state index < -0.39 is 0 Å². The van der Waals surface area contributed by atoms with Gasteiger partial charge in [-0.3, -0.25) is 9.78 Å². The summed E-state index contributed by atoms with van der Waals surface area (Å²) in [6, 6.07) is 3.95. The second kappa shape index (κ2) is 5.07. The second-order valence-corrected chi connectivity index (χ2v) is 3.98. The number of likely N-dealkylation sites (N-methyl/N-ethyl adjacent to an activating group) is 1. The van der Waals surface area contributed by atoms with E-state index in [1.54, 1.807) is 18.5 Å². The molecule has 0 aromatic carbocycles. The molecule has 86 valence electrons. The number of nitrogens with one attached hydrogen (secondary N) is 1. The molecule has 4 heteroatoms. The number of nitrogens with zero attached hydrogens (tertiary/aromatic N) is 2. The molecule has 2 heterocycles. The summed E-state index contributed by atoms with van der Waals surface area (Å²) in [7, 11) is 0. The van der Waals surface area contributed by atoms with Gasteiger partial charge in [0.1, 0.15) is 0 Å². The number of aromatic nitrogens is 1. The molecular formula is C12H17N3O. The van der Waals surface area contributed by atoms with Gasteiger partial charge in [-0.15, -0.1) is 0 Å². The molecule has 1 aromatic rings. The van der Waals surface area contributed by atoms with Gasteiger partial charge in [0, 0.05) is 31.5 Å². The minimum atomic E-state index is 0.0873. The topological polar surface area (TPSA) is 45.2 Å². The highest BCUT2D eigenvalue weighted by atomic mass is 16.2. The summed E-state index contributed by atoms with van der Waals surface area (Å²) in [5, 5.41) is 3.28. The first-order valence-corrected chi connectivity index (χ1v) is 5.74. The van der Waals surface area contributed by atoms with Gasteiger partial charge in [-0.2, -0.15) is 0 Å². The molecule has 0 radical (unpaired) electrons. The molecule has 0 aliphatic carbocycles. The fraction of sp³-hybridized carbons (Fsp3) is 0.500. The van der Waals surface area contributed by atoms with E-state index in [1.165, 1.54) is 0 Å². The first-order valence-electron chi connectivity index (χ1n) is 5.74. The Kier molecular flexibility index (Phi) is 3.51. The molecule has 2 rings (SSSR count). The van der Waals surface area contributed by atoms with Gasteiger partial charge in [0.05, 0.1) is 5.56 Å². The van der Waals surface area contributed by atoms with Crippen LogP contribution < -0.4 is 5.32 Å². The van der Waals surface area contributed by atoms with Crippen molar-refractivity contribution in [1.82, 2.24) is 15.2 Å². The van der Waals surface area contributed by atoms with Gasteiger partial charge in [-0.25, -0.2) is 0 Å². The number of rotatable bonds is 3. The van der Waals surface area contributed by atoms with Crippen molar-refractivity contribution in [2.24, 2.45) is 0 Å². The van der Waals surface area contributed by atoms with Crippen LogP contribution in [-0.2, 0) is 0 Å². The highest BCUT2D eigenvalue weighted by Crippen LogP contribution is 2.12. The molecule has 0 spiro atoms. The van der Waals surface area contributed by atoms with Crippen molar-refractivity contribution in [2.45, 2.75) is 19.4 Å². The zero-order chi connectivity index (χ0) is 11.4. The van der Waals surface area contributed by atoms with Gasteiger partial charge in [0.25, 0.3) is 5.91 Å². The monoisotopic (exact) mass is 219 g/mol. The standard InChI is InChI=1S/C12H17N3O/c1-2-15(11-5-7-14-9-11)12(16)10-4-3-6-13-8-10/h3-4,6,8,11,14H,2,5,7,9H2,1H3. The van der Waals surface area contributed by atoms with Crippen molar-refractivity contribution in [3.05, 3.63) is 30.1 Å². The molecule has 4 nitrogen and oxygen atoms in total. The number of carbonyl (C=O) groups excluding carboxylic acids is 1. The lowest BCUT2D eigenvalue weighted by atomic mass is 10.1. The summed E-state index contributed by atoms with van der Waals surface area (Å²) in [6.45, 7) is 4.67. The second-order valence-electron chi connectivity index (χ2n) is 3.98. The van der Waals surface area contributed by atoms with Crippen LogP contribution in [0.3, 0.4) is 0 Å². The van der Waals surface area contributed by atoms with Crippen LogP contribution >= 0.6 is 0 Å². The molecule has 1 fully saturated rings. The molecule has 1 aliphatic heterocycles. The van der Waals surface area contributed by atoms with Crippen molar-refractivity contribution < 1.29 is 4.79 Å². The van der Waals surface area contributed by atoms with Crippen LogP contribution in [0.1, 0.15) is 23.7 Å². The van der Waals surface area contributed by atoms with Crippen LogP contribution in [0, 0.1) is 0 Å². The minimum absolute atomic E-state index is 0.0873.